The molecular formula is C124H95N9. The lowest BCUT2D eigenvalue weighted by Gasteiger charge is -2.31. The van der Waals surface area contributed by atoms with Crippen LogP contribution in [0.5, 0.6) is 0 Å². The molecule has 9 nitrogen and oxygen atoms in total. The lowest BCUT2D eigenvalue weighted by molar-refractivity contribution is 1.23. The predicted octanol–water partition coefficient (Wildman–Crippen LogP) is 35.8. The highest BCUT2D eigenvalue weighted by Gasteiger charge is 2.26. The van der Waals surface area contributed by atoms with Gasteiger partial charge in [-0.15, -0.1) is 0 Å². The number of para-hydroxylation sites is 7. The fourth-order valence-electron chi connectivity index (χ4n) is 18.4. The third-order valence-electron chi connectivity index (χ3n) is 24.6. The Morgan fingerprint density at radius 2 is 0.241 bits per heavy atom. The standard InChI is InChI=1S/C124H95N9/c1-92-32-28-52-119(90-92)132(123-56-30-36-94-34-24-26-54-121(94)123)117-86-82-115(83-87-117)130(101-48-20-8-21-49-101)113-78-74-111(75-79-113)128(99-44-16-6-17-45-99)109-70-66-107(67-71-109)126(97-40-12-4-13-41-97)105-62-58-103(59-63-105)125(96-38-10-3-11-39-96)104-60-64-106(65-61-104)127(98-42-14-5-15-43-98)108-68-72-110(73-69-108)129(100-46-18-7-19-47-100)112-76-80-114(81-77-112)131(102-50-22-9-23-51-102)116-84-88-118(89-85-116)133(120-53-29-33-93(2)91-120)124-57-31-37-95-35-25-27-55-122(95)124/h3-91H,1-2H3. The zero-order valence-electron chi connectivity index (χ0n) is 73.9. The molecule has 0 saturated heterocycles. The van der Waals surface area contributed by atoms with Gasteiger partial charge in [0.05, 0.1) is 11.4 Å². The van der Waals surface area contributed by atoms with Gasteiger partial charge in [-0.25, -0.2) is 0 Å². The monoisotopic (exact) mass is 1710 g/mol. The summed E-state index contributed by atoms with van der Waals surface area (Å²) in [5, 5.41) is 4.78. The molecule has 0 unspecified atom stereocenters. The van der Waals surface area contributed by atoms with Crippen LogP contribution in [0.3, 0.4) is 0 Å². The fraction of sp³-hybridized carbons (Fsp3) is 0.0161. The Bertz CT molecular complexity index is 7030. The van der Waals surface area contributed by atoms with Gasteiger partial charge >= 0.3 is 0 Å². The van der Waals surface area contributed by atoms with Gasteiger partial charge in [-0.05, 0) is 351 Å². The summed E-state index contributed by atoms with van der Waals surface area (Å²) in [7, 11) is 0. The maximum absolute atomic E-state index is 2.37. The van der Waals surface area contributed by atoms with Gasteiger partial charge in [-0.2, -0.15) is 0 Å². The quantitative estimate of drug-likeness (QED) is 0.0499. The van der Waals surface area contributed by atoms with Crippen molar-refractivity contribution in [2.24, 2.45) is 0 Å². The van der Waals surface area contributed by atoms with E-state index in [1.54, 1.807) is 0 Å². The Kier molecular flexibility index (Phi) is 23.3. The number of hydrogen-bond acceptors (Lipinski definition) is 9. The number of fused-ring (bicyclic) bond motifs is 2. The van der Waals surface area contributed by atoms with Crippen LogP contribution in [0.2, 0.25) is 0 Å². The smallest absolute Gasteiger partial charge is 0.0540 e. The Morgan fingerprint density at radius 3 is 0.421 bits per heavy atom. The molecule has 21 aromatic carbocycles. The van der Waals surface area contributed by atoms with Gasteiger partial charge in [0.1, 0.15) is 0 Å². The minimum atomic E-state index is 1.02. The van der Waals surface area contributed by atoms with E-state index < -0.39 is 0 Å². The highest BCUT2D eigenvalue weighted by molar-refractivity contribution is 6.01. The molecule has 0 aliphatic heterocycles. The minimum absolute atomic E-state index is 1.02. The molecule has 0 spiro atoms. The second kappa shape index (κ2) is 37.7. The average Bonchev–Trinajstić information content (AvgIpc) is 0.773. The van der Waals surface area contributed by atoms with Crippen molar-refractivity contribution in [3.05, 3.63) is 551 Å². The van der Waals surface area contributed by atoms with Crippen molar-refractivity contribution >= 4 is 175 Å². The fourth-order valence-corrected chi connectivity index (χ4v) is 18.4. The summed E-state index contributed by atoms with van der Waals surface area (Å²) in [4.78, 5) is 21.1. The predicted molar refractivity (Wildman–Crippen MR) is 563 cm³/mol. The van der Waals surface area contributed by atoms with Gasteiger partial charge in [0.2, 0.25) is 0 Å². The molecule has 0 radical (unpaired) electrons. The molecular weight excluding hydrogens is 1620 g/mol. The topological polar surface area (TPSA) is 29.2 Å². The number of benzene rings is 21. The second-order valence-electron chi connectivity index (χ2n) is 33.2. The van der Waals surface area contributed by atoms with Gasteiger partial charge in [0.15, 0.2) is 0 Å². The summed E-state index contributed by atoms with van der Waals surface area (Å²) >= 11 is 0. The van der Waals surface area contributed by atoms with Crippen molar-refractivity contribution < 1.29 is 0 Å². The lowest BCUT2D eigenvalue weighted by atomic mass is 10.1. The van der Waals surface area contributed by atoms with Gasteiger partial charge in [0.25, 0.3) is 0 Å². The Hall–Kier alpha value is -17.7. The highest BCUT2D eigenvalue weighted by atomic mass is 15.2. The number of nitrogens with zero attached hydrogens (tertiary/aromatic N) is 9. The van der Waals surface area contributed by atoms with Gasteiger partial charge in [-0.3, -0.25) is 0 Å². The zero-order valence-corrected chi connectivity index (χ0v) is 73.9. The molecule has 0 fully saturated rings. The summed E-state index contributed by atoms with van der Waals surface area (Å²) < 4.78 is 0. The van der Waals surface area contributed by atoms with E-state index in [0.29, 0.717) is 0 Å². The molecule has 21 rings (SSSR count). The number of anilines is 27. The van der Waals surface area contributed by atoms with E-state index in [-0.39, 0.29) is 0 Å². The molecule has 133 heavy (non-hydrogen) atoms. The SMILES string of the molecule is Cc1cccc(N(c2ccc(N(c3ccccc3)c3ccc(N(c4ccccc4)c4ccc(N(c5ccccc5)c5ccc(N(c6ccccc6)c6ccc(N(c7ccccc7)c7ccc(N(c8ccccc8)c8ccc(N(c9ccccc9)c9ccc(N(c%10cccc(C)c%10)c%10cccc%11ccccc%10%11)cc9)cc8)cc7)cc6)cc5)cc4)cc3)cc2)c2cccc3ccccc23)c1. The van der Waals surface area contributed by atoms with Crippen LogP contribution in [-0.2, 0) is 0 Å². The van der Waals surface area contributed by atoms with E-state index in [0.717, 1.165) is 154 Å². The first-order valence-electron chi connectivity index (χ1n) is 45.3. The number of hydrogen-bond donors (Lipinski definition) is 0. The van der Waals surface area contributed by atoms with Gasteiger partial charge < -0.3 is 44.1 Å². The molecule has 0 aromatic heterocycles. The maximum Gasteiger partial charge on any atom is 0.0540 e. The largest absolute Gasteiger partial charge is 0.311 e. The van der Waals surface area contributed by atoms with E-state index in [1.165, 1.54) is 32.7 Å². The van der Waals surface area contributed by atoms with E-state index in [2.05, 4.69) is 598 Å². The summed E-state index contributed by atoms with van der Waals surface area (Å²) in [5.74, 6) is 0. The molecule has 636 valence electrons. The molecule has 21 aromatic rings. The molecule has 0 atom stereocenters. The van der Waals surface area contributed by atoms with Crippen LogP contribution >= 0.6 is 0 Å². The summed E-state index contributed by atoms with van der Waals surface area (Å²) in [6.45, 7) is 4.31. The van der Waals surface area contributed by atoms with Crippen LogP contribution in [-0.4, -0.2) is 0 Å². The van der Waals surface area contributed by atoms with Gasteiger partial charge in [0, 0.05) is 153 Å². The molecule has 9 heteroatoms. The second-order valence-corrected chi connectivity index (χ2v) is 33.2. The van der Waals surface area contributed by atoms with E-state index in [9.17, 15) is 0 Å². The van der Waals surface area contributed by atoms with Crippen LogP contribution in [0.1, 0.15) is 11.1 Å². The highest BCUT2D eigenvalue weighted by Crippen LogP contribution is 2.50. The molecule has 0 amide bonds. The molecule has 0 N–H and O–H groups in total. The third kappa shape index (κ3) is 17.4. The Morgan fingerprint density at radius 1 is 0.105 bits per heavy atom. The van der Waals surface area contributed by atoms with Crippen molar-refractivity contribution in [2.75, 3.05) is 44.1 Å². The molecule has 0 heterocycles. The van der Waals surface area contributed by atoms with E-state index in [1.807, 2.05) is 0 Å². The summed E-state index contributed by atoms with van der Waals surface area (Å²) in [6, 6.07) is 194. The van der Waals surface area contributed by atoms with Crippen molar-refractivity contribution in [3.63, 3.8) is 0 Å². The van der Waals surface area contributed by atoms with Crippen molar-refractivity contribution in [1.82, 2.24) is 0 Å². The maximum atomic E-state index is 2.37. The summed E-state index contributed by atoms with van der Waals surface area (Å²) in [6.07, 6.45) is 0. The minimum Gasteiger partial charge on any atom is -0.311 e. The van der Waals surface area contributed by atoms with E-state index in [4.69, 9.17) is 0 Å². The first-order valence-corrected chi connectivity index (χ1v) is 45.3. The number of aryl methyl sites for hydroxylation is 2. The molecule has 0 bridgehead atoms. The molecule has 0 saturated carbocycles. The third-order valence-corrected chi connectivity index (χ3v) is 24.6. The molecule has 0 aliphatic rings. The number of rotatable bonds is 27. The van der Waals surface area contributed by atoms with E-state index >= 15 is 0 Å². The first kappa shape index (κ1) is 82.3. The first-order chi connectivity index (χ1) is 65.8. The van der Waals surface area contributed by atoms with Crippen LogP contribution in [0.25, 0.3) is 21.5 Å². The Labute approximate surface area is 778 Å². The Balaban J connectivity index is 0.553. The zero-order chi connectivity index (χ0) is 89.2. The van der Waals surface area contributed by atoms with Gasteiger partial charge in [-0.1, -0.05) is 224 Å². The average molecular weight is 1710 g/mol. The van der Waals surface area contributed by atoms with Crippen LogP contribution in [0.15, 0.2) is 540 Å². The van der Waals surface area contributed by atoms with Crippen molar-refractivity contribution in [3.8, 4) is 0 Å². The lowest BCUT2D eigenvalue weighted by Crippen LogP contribution is -2.14. The van der Waals surface area contributed by atoms with Crippen LogP contribution in [0, 0.1) is 13.8 Å². The van der Waals surface area contributed by atoms with Crippen LogP contribution < -0.4 is 44.1 Å². The normalized spacial score (nSPS) is 11.1. The van der Waals surface area contributed by atoms with Crippen molar-refractivity contribution in [1.29, 1.82) is 0 Å². The summed E-state index contributed by atoms with van der Waals surface area (Å²) in [5.41, 5.74) is 30.7. The van der Waals surface area contributed by atoms with Crippen LogP contribution in [0.4, 0.5) is 154 Å². The van der Waals surface area contributed by atoms with Crippen molar-refractivity contribution in [2.45, 2.75) is 13.8 Å². The molecule has 0 aliphatic carbocycles.